The molecular formula is C17H16ClF3N8O. The lowest BCUT2D eigenvalue weighted by molar-refractivity contribution is -0.181. The van der Waals surface area contributed by atoms with Gasteiger partial charge in [0.25, 0.3) is 0 Å². The summed E-state index contributed by atoms with van der Waals surface area (Å²) < 4.78 is 43.3. The molecule has 0 unspecified atom stereocenters. The monoisotopic (exact) mass is 440 g/mol. The quantitative estimate of drug-likeness (QED) is 0.658. The normalized spacial score (nSPS) is 18.6. The molecule has 30 heavy (non-hydrogen) atoms. The van der Waals surface area contributed by atoms with E-state index < -0.39 is 24.2 Å². The Bertz CT molecular complexity index is 1150. The molecule has 2 amide bonds. The molecule has 0 fully saturated rings. The van der Waals surface area contributed by atoms with Gasteiger partial charge in [-0.25, -0.2) is 14.3 Å². The summed E-state index contributed by atoms with van der Waals surface area (Å²) >= 11 is 5.88. The van der Waals surface area contributed by atoms with Gasteiger partial charge in [-0.1, -0.05) is 11.6 Å². The summed E-state index contributed by atoms with van der Waals surface area (Å²) in [7, 11) is 3.49. The number of nitrogens with one attached hydrogen (secondary N) is 1. The molecule has 4 rings (SSSR count). The Morgan fingerprint density at radius 3 is 2.70 bits per heavy atom. The maximum absolute atomic E-state index is 14.1. The van der Waals surface area contributed by atoms with E-state index in [9.17, 15) is 18.0 Å². The number of amides is 2. The Morgan fingerprint density at radius 1 is 1.30 bits per heavy atom. The van der Waals surface area contributed by atoms with Gasteiger partial charge in [-0.3, -0.25) is 4.90 Å². The SMILES string of the molecule is CN(C)c1cc(NC(=O)N2C[C@@](C)(C(F)(F)F)c3c2cnc2cc(Cl)nn32)cnn1. The van der Waals surface area contributed by atoms with E-state index in [1.54, 1.807) is 25.1 Å². The first-order valence-electron chi connectivity index (χ1n) is 8.71. The summed E-state index contributed by atoms with van der Waals surface area (Å²) in [4.78, 5) is 19.7. The van der Waals surface area contributed by atoms with Crippen molar-refractivity contribution in [2.75, 3.05) is 35.8 Å². The third-order valence-corrected chi connectivity index (χ3v) is 5.13. The van der Waals surface area contributed by atoms with Crippen LogP contribution in [0.25, 0.3) is 5.65 Å². The van der Waals surface area contributed by atoms with Crippen LogP contribution in [0.2, 0.25) is 5.15 Å². The average Bonchev–Trinajstić information content (AvgIpc) is 3.19. The van der Waals surface area contributed by atoms with Gasteiger partial charge in [0.05, 0.1) is 29.5 Å². The molecule has 0 aliphatic carbocycles. The molecule has 158 valence electrons. The van der Waals surface area contributed by atoms with E-state index >= 15 is 0 Å². The second-order valence-electron chi connectivity index (χ2n) is 7.27. The van der Waals surface area contributed by atoms with Gasteiger partial charge in [0, 0.05) is 32.8 Å². The van der Waals surface area contributed by atoms with Gasteiger partial charge in [0.1, 0.15) is 5.41 Å². The molecule has 0 saturated heterocycles. The van der Waals surface area contributed by atoms with Crippen LogP contribution in [0.15, 0.2) is 24.5 Å². The number of hydrogen-bond acceptors (Lipinski definition) is 6. The maximum atomic E-state index is 14.1. The number of urea groups is 1. The first kappa shape index (κ1) is 20.1. The number of fused-ring (bicyclic) bond motifs is 3. The molecule has 1 N–H and O–H groups in total. The number of alkyl halides is 3. The second-order valence-corrected chi connectivity index (χ2v) is 7.66. The average molecular weight is 441 g/mol. The molecule has 9 nitrogen and oxygen atoms in total. The Morgan fingerprint density at radius 2 is 2.03 bits per heavy atom. The zero-order valence-corrected chi connectivity index (χ0v) is 16.8. The van der Waals surface area contributed by atoms with Gasteiger partial charge in [0.2, 0.25) is 0 Å². The fraction of sp³-hybridized carbons (Fsp3) is 0.353. The minimum absolute atomic E-state index is 0.00222. The number of halogens is 4. The largest absolute Gasteiger partial charge is 0.401 e. The van der Waals surface area contributed by atoms with Crippen LogP contribution in [0, 0.1) is 0 Å². The van der Waals surface area contributed by atoms with Crippen molar-refractivity contribution >= 4 is 40.5 Å². The summed E-state index contributed by atoms with van der Waals surface area (Å²) in [5.74, 6) is 0.476. The fourth-order valence-corrected chi connectivity index (χ4v) is 3.50. The Balaban J connectivity index is 1.77. The minimum atomic E-state index is -4.65. The van der Waals surface area contributed by atoms with Crippen molar-refractivity contribution in [2.45, 2.75) is 18.5 Å². The second kappa shape index (κ2) is 6.69. The third kappa shape index (κ3) is 3.07. The lowest BCUT2D eigenvalue weighted by atomic mass is 9.88. The maximum Gasteiger partial charge on any atom is 0.401 e. The van der Waals surface area contributed by atoms with Crippen molar-refractivity contribution in [2.24, 2.45) is 0 Å². The lowest BCUT2D eigenvalue weighted by Gasteiger charge is -2.28. The zero-order valence-electron chi connectivity index (χ0n) is 16.1. The van der Waals surface area contributed by atoms with E-state index in [1.165, 1.54) is 18.5 Å². The summed E-state index contributed by atoms with van der Waals surface area (Å²) in [6.07, 6.45) is -2.13. The Kier molecular flexibility index (Phi) is 4.49. The van der Waals surface area contributed by atoms with Gasteiger partial charge in [-0.05, 0) is 6.92 Å². The molecule has 0 spiro atoms. The van der Waals surface area contributed by atoms with E-state index in [0.717, 1.165) is 16.3 Å². The Hall–Kier alpha value is -3.15. The minimum Gasteiger partial charge on any atom is -0.361 e. The van der Waals surface area contributed by atoms with Crippen LogP contribution in [0.1, 0.15) is 12.6 Å². The van der Waals surface area contributed by atoms with Gasteiger partial charge in [-0.2, -0.15) is 23.4 Å². The summed E-state index contributed by atoms with van der Waals surface area (Å²) in [5.41, 5.74) is -2.14. The van der Waals surface area contributed by atoms with Gasteiger partial charge >= 0.3 is 12.2 Å². The third-order valence-electron chi connectivity index (χ3n) is 4.94. The van der Waals surface area contributed by atoms with Crippen molar-refractivity contribution < 1.29 is 18.0 Å². The van der Waals surface area contributed by atoms with Gasteiger partial charge < -0.3 is 10.2 Å². The van der Waals surface area contributed by atoms with Gasteiger partial charge in [-0.15, -0.1) is 5.10 Å². The van der Waals surface area contributed by atoms with Crippen LogP contribution in [0.3, 0.4) is 0 Å². The number of rotatable bonds is 2. The van der Waals surface area contributed by atoms with Crippen molar-refractivity contribution in [1.82, 2.24) is 24.8 Å². The highest BCUT2D eigenvalue weighted by Crippen LogP contribution is 2.50. The molecule has 4 heterocycles. The highest BCUT2D eigenvalue weighted by atomic mass is 35.5. The number of anilines is 3. The van der Waals surface area contributed by atoms with Gasteiger partial charge in [0.15, 0.2) is 16.6 Å². The molecule has 3 aromatic rings. The van der Waals surface area contributed by atoms with E-state index in [-0.39, 0.29) is 27.9 Å². The highest BCUT2D eigenvalue weighted by Gasteiger charge is 2.60. The molecule has 0 aromatic carbocycles. The molecule has 0 bridgehead atoms. The summed E-state index contributed by atoms with van der Waals surface area (Å²) in [6, 6.07) is 2.15. The standard InChI is InChI=1S/C17H16ClF3N8O/c1-16(17(19,20)21)8-28(10-7-22-12-5-11(18)26-29(12)14(10)16)15(30)24-9-4-13(27(2)3)25-23-6-9/h4-7H,8H2,1-3H3,(H,24,25,30)/t16-/m1/s1. The molecule has 1 atom stereocenters. The molecular weight excluding hydrogens is 425 g/mol. The van der Waals surface area contributed by atoms with Crippen LogP contribution >= 0.6 is 11.6 Å². The molecule has 13 heteroatoms. The molecule has 1 aliphatic rings. The van der Waals surface area contributed by atoms with E-state index in [1.807, 2.05) is 0 Å². The summed E-state index contributed by atoms with van der Waals surface area (Å²) in [6.45, 7) is 0.376. The number of aromatic nitrogens is 5. The van der Waals surface area contributed by atoms with Crippen molar-refractivity contribution in [3.05, 3.63) is 35.4 Å². The van der Waals surface area contributed by atoms with Crippen LogP contribution in [-0.2, 0) is 5.41 Å². The summed E-state index contributed by atoms with van der Waals surface area (Å²) in [5, 5.41) is 14.2. The van der Waals surface area contributed by atoms with Crippen molar-refractivity contribution in [3.8, 4) is 0 Å². The van der Waals surface area contributed by atoms with Crippen LogP contribution in [-0.4, -0.2) is 57.6 Å². The van der Waals surface area contributed by atoms with Crippen LogP contribution < -0.4 is 15.1 Å². The van der Waals surface area contributed by atoms with Crippen LogP contribution in [0.4, 0.5) is 35.2 Å². The van der Waals surface area contributed by atoms with Crippen LogP contribution in [0.5, 0.6) is 0 Å². The van der Waals surface area contributed by atoms with E-state index in [0.29, 0.717) is 5.82 Å². The molecule has 0 radical (unpaired) electrons. The predicted octanol–water partition coefficient (Wildman–Crippen LogP) is 3.11. The first-order valence-corrected chi connectivity index (χ1v) is 9.09. The first-order chi connectivity index (χ1) is 14.0. The number of carbonyl (C=O) groups is 1. The van der Waals surface area contributed by atoms with E-state index in [4.69, 9.17) is 11.6 Å². The van der Waals surface area contributed by atoms with E-state index in [2.05, 4.69) is 25.6 Å². The zero-order chi connectivity index (χ0) is 21.8. The van der Waals surface area contributed by atoms with Crippen molar-refractivity contribution in [3.63, 3.8) is 0 Å². The number of carbonyl (C=O) groups excluding carboxylic acids is 1. The fourth-order valence-electron chi connectivity index (χ4n) is 3.33. The number of nitrogens with zero attached hydrogens (tertiary/aromatic N) is 7. The topological polar surface area (TPSA) is 91.6 Å². The smallest absolute Gasteiger partial charge is 0.361 e. The Labute approximate surface area is 173 Å². The molecule has 0 saturated carbocycles. The number of hydrogen-bond donors (Lipinski definition) is 1. The predicted molar refractivity (Wildman–Crippen MR) is 104 cm³/mol. The van der Waals surface area contributed by atoms with Crippen molar-refractivity contribution in [1.29, 1.82) is 0 Å². The molecule has 1 aliphatic heterocycles. The molecule has 3 aromatic heterocycles. The highest BCUT2D eigenvalue weighted by molar-refractivity contribution is 6.29. The lowest BCUT2D eigenvalue weighted by Crippen LogP contribution is -2.46.